The number of carbonyl (C=O) groups is 1. The lowest BCUT2D eigenvalue weighted by Crippen LogP contribution is -2.45. The first-order valence-corrected chi connectivity index (χ1v) is 10.5. The second kappa shape index (κ2) is 9.69. The van der Waals surface area contributed by atoms with Gasteiger partial charge in [0.15, 0.2) is 12.2 Å². The lowest BCUT2D eigenvalue weighted by atomic mass is 10.1. The molecule has 1 N–H and O–H groups in total. The minimum atomic E-state index is -0.0861. The number of oxazole rings is 1. The van der Waals surface area contributed by atoms with Gasteiger partial charge in [-0.15, -0.1) is 0 Å². The van der Waals surface area contributed by atoms with Crippen LogP contribution in [0.25, 0.3) is 11.3 Å². The molecule has 0 spiro atoms. The monoisotopic (exact) mass is 404 g/mol. The maximum Gasteiger partial charge on any atom is 0.251 e. The molecule has 156 valence electrons. The topological polar surface area (TPSA) is 61.6 Å². The van der Waals surface area contributed by atoms with Crippen molar-refractivity contribution >= 4 is 5.91 Å². The maximum atomic E-state index is 12.4. The fraction of sp³-hybridized carbons (Fsp3) is 0.333. The summed E-state index contributed by atoms with van der Waals surface area (Å²) in [5.74, 6) is 0.603. The van der Waals surface area contributed by atoms with E-state index in [4.69, 9.17) is 4.42 Å². The van der Waals surface area contributed by atoms with E-state index in [2.05, 4.69) is 51.3 Å². The van der Waals surface area contributed by atoms with Gasteiger partial charge in [-0.2, -0.15) is 0 Å². The van der Waals surface area contributed by atoms with E-state index in [1.54, 1.807) is 18.3 Å². The predicted molar refractivity (Wildman–Crippen MR) is 117 cm³/mol. The molecule has 2 heterocycles. The summed E-state index contributed by atoms with van der Waals surface area (Å²) in [6.45, 7) is 9.42. The van der Waals surface area contributed by atoms with Gasteiger partial charge in [0, 0.05) is 50.4 Å². The van der Waals surface area contributed by atoms with Crippen LogP contribution in [0.3, 0.4) is 0 Å². The molecule has 1 aliphatic heterocycles. The highest BCUT2D eigenvalue weighted by molar-refractivity contribution is 5.94. The van der Waals surface area contributed by atoms with Gasteiger partial charge in [-0.25, -0.2) is 4.98 Å². The number of hydrogen-bond donors (Lipinski definition) is 1. The summed E-state index contributed by atoms with van der Waals surface area (Å²) in [6.07, 6.45) is 3.05. The highest BCUT2D eigenvalue weighted by Crippen LogP contribution is 2.19. The number of piperazine rings is 1. The highest BCUT2D eigenvalue weighted by Gasteiger charge is 2.15. The Morgan fingerprint density at radius 3 is 2.27 bits per heavy atom. The minimum Gasteiger partial charge on any atom is -0.444 e. The fourth-order valence-corrected chi connectivity index (χ4v) is 3.71. The summed E-state index contributed by atoms with van der Waals surface area (Å²) in [5.41, 5.74) is 3.94. The lowest BCUT2D eigenvalue weighted by molar-refractivity contribution is 0.0951. The Labute approximate surface area is 177 Å². The van der Waals surface area contributed by atoms with Crippen molar-refractivity contribution in [2.75, 3.05) is 32.7 Å². The van der Waals surface area contributed by atoms with E-state index in [0.29, 0.717) is 17.9 Å². The van der Waals surface area contributed by atoms with Crippen LogP contribution in [0.15, 0.2) is 65.5 Å². The van der Waals surface area contributed by atoms with Crippen LogP contribution >= 0.6 is 0 Å². The van der Waals surface area contributed by atoms with Crippen molar-refractivity contribution in [3.05, 3.63) is 77.8 Å². The van der Waals surface area contributed by atoms with Gasteiger partial charge in [-0.3, -0.25) is 9.69 Å². The number of likely N-dealkylation sites (N-methyl/N-ethyl adjacent to an activating group) is 1. The molecule has 0 radical (unpaired) electrons. The Bertz CT molecular complexity index is 928. The van der Waals surface area contributed by atoms with Gasteiger partial charge in [0.1, 0.15) is 0 Å². The number of rotatable bonds is 7. The zero-order chi connectivity index (χ0) is 20.8. The molecule has 0 atom stereocenters. The largest absolute Gasteiger partial charge is 0.444 e. The van der Waals surface area contributed by atoms with Crippen molar-refractivity contribution in [1.82, 2.24) is 20.1 Å². The molecular weight excluding hydrogens is 376 g/mol. The van der Waals surface area contributed by atoms with E-state index >= 15 is 0 Å². The van der Waals surface area contributed by atoms with E-state index < -0.39 is 0 Å². The van der Waals surface area contributed by atoms with Gasteiger partial charge in [-0.05, 0) is 29.8 Å². The molecule has 1 amide bonds. The Balaban J connectivity index is 1.26. The molecule has 0 aliphatic carbocycles. The first-order valence-electron chi connectivity index (χ1n) is 10.5. The van der Waals surface area contributed by atoms with Crippen LogP contribution in [-0.2, 0) is 13.1 Å². The van der Waals surface area contributed by atoms with Gasteiger partial charge in [0.2, 0.25) is 0 Å². The smallest absolute Gasteiger partial charge is 0.251 e. The lowest BCUT2D eigenvalue weighted by Gasteiger charge is -2.34. The Hall–Kier alpha value is -2.96. The Kier molecular flexibility index (Phi) is 6.57. The van der Waals surface area contributed by atoms with Crippen molar-refractivity contribution in [2.24, 2.45) is 0 Å². The van der Waals surface area contributed by atoms with E-state index in [0.717, 1.165) is 50.4 Å². The molecule has 0 saturated carbocycles. The second-order valence-electron chi connectivity index (χ2n) is 7.65. The fourth-order valence-electron chi connectivity index (χ4n) is 3.71. The van der Waals surface area contributed by atoms with E-state index in [9.17, 15) is 4.79 Å². The first-order chi connectivity index (χ1) is 14.7. The number of carbonyl (C=O) groups excluding carboxylic acids is 1. The third kappa shape index (κ3) is 5.14. The van der Waals surface area contributed by atoms with Gasteiger partial charge < -0.3 is 14.6 Å². The van der Waals surface area contributed by atoms with Crippen molar-refractivity contribution in [3.63, 3.8) is 0 Å². The molecule has 2 aromatic carbocycles. The second-order valence-corrected chi connectivity index (χ2v) is 7.65. The summed E-state index contributed by atoms with van der Waals surface area (Å²) < 4.78 is 5.28. The van der Waals surface area contributed by atoms with E-state index in [-0.39, 0.29) is 5.91 Å². The molecule has 6 heteroatoms. The average Bonchev–Trinajstić information content (AvgIpc) is 3.34. The molecule has 30 heavy (non-hydrogen) atoms. The standard InChI is InChI=1S/C24H28N4O2/c1-2-27-11-13-28(14-12-27)17-20-5-3-19(4-6-20)15-26-24(29)22-9-7-21(8-10-22)23-16-25-18-30-23/h3-10,16,18H,2,11-15,17H2,1H3,(H,26,29). The van der Waals surface area contributed by atoms with Crippen molar-refractivity contribution < 1.29 is 9.21 Å². The van der Waals surface area contributed by atoms with Crippen molar-refractivity contribution in [2.45, 2.75) is 20.0 Å². The van der Waals surface area contributed by atoms with Gasteiger partial charge in [0.05, 0.1) is 6.20 Å². The van der Waals surface area contributed by atoms with Crippen LogP contribution in [0.2, 0.25) is 0 Å². The first kappa shape index (κ1) is 20.3. The summed E-state index contributed by atoms with van der Waals surface area (Å²) in [6, 6.07) is 15.9. The number of hydrogen-bond acceptors (Lipinski definition) is 5. The van der Waals surface area contributed by atoms with Gasteiger partial charge in [-0.1, -0.05) is 43.3 Å². The van der Waals surface area contributed by atoms with Crippen LogP contribution in [0.5, 0.6) is 0 Å². The zero-order valence-electron chi connectivity index (χ0n) is 17.4. The number of aromatic nitrogens is 1. The zero-order valence-corrected chi connectivity index (χ0v) is 17.4. The van der Waals surface area contributed by atoms with Gasteiger partial charge >= 0.3 is 0 Å². The molecule has 6 nitrogen and oxygen atoms in total. The van der Waals surface area contributed by atoms with E-state index in [1.807, 2.05) is 12.1 Å². The number of nitrogens with zero attached hydrogens (tertiary/aromatic N) is 3. The van der Waals surface area contributed by atoms with Crippen LogP contribution < -0.4 is 5.32 Å². The quantitative estimate of drug-likeness (QED) is 0.654. The highest BCUT2D eigenvalue weighted by atomic mass is 16.3. The molecule has 1 aromatic heterocycles. The van der Waals surface area contributed by atoms with Crippen molar-refractivity contribution in [1.29, 1.82) is 0 Å². The molecule has 0 unspecified atom stereocenters. The molecule has 1 saturated heterocycles. The summed E-state index contributed by atoms with van der Waals surface area (Å²) in [7, 11) is 0. The van der Waals surface area contributed by atoms with Crippen LogP contribution in [0.4, 0.5) is 0 Å². The van der Waals surface area contributed by atoms with Crippen LogP contribution in [0.1, 0.15) is 28.4 Å². The third-order valence-electron chi connectivity index (χ3n) is 5.66. The molecule has 3 aromatic rings. The molecule has 0 bridgehead atoms. The number of amides is 1. The van der Waals surface area contributed by atoms with Crippen LogP contribution in [-0.4, -0.2) is 53.4 Å². The van der Waals surface area contributed by atoms with Gasteiger partial charge in [0.25, 0.3) is 5.91 Å². The minimum absolute atomic E-state index is 0.0861. The number of benzene rings is 2. The Morgan fingerprint density at radius 2 is 1.63 bits per heavy atom. The Morgan fingerprint density at radius 1 is 0.967 bits per heavy atom. The summed E-state index contributed by atoms with van der Waals surface area (Å²) in [5, 5.41) is 2.99. The van der Waals surface area contributed by atoms with Crippen molar-refractivity contribution in [3.8, 4) is 11.3 Å². The SMILES string of the molecule is CCN1CCN(Cc2ccc(CNC(=O)c3ccc(-c4cnco4)cc3)cc2)CC1. The molecule has 1 aliphatic rings. The van der Waals surface area contributed by atoms with Crippen LogP contribution in [0, 0.1) is 0 Å². The van der Waals surface area contributed by atoms with E-state index in [1.165, 1.54) is 12.0 Å². The maximum absolute atomic E-state index is 12.4. The number of nitrogens with one attached hydrogen (secondary N) is 1. The third-order valence-corrected chi connectivity index (χ3v) is 5.66. The average molecular weight is 405 g/mol. The molecule has 4 rings (SSSR count). The molecular formula is C24H28N4O2. The predicted octanol–water partition coefficient (Wildman–Crippen LogP) is 3.41. The summed E-state index contributed by atoms with van der Waals surface area (Å²) in [4.78, 5) is 21.3. The molecule has 1 fully saturated rings. The summed E-state index contributed by atoms with van der Waals surface area (Å²) >= 11 is 0. The normalized spacial score (nSPS) is 15.2.